The van der Waals surface area contributed by atoms with Crippen molar-refractivity contribution in [3.63, 3.8) is 0 Å². The van der Waals surface area contributed by atoms with Gasteiger partial charge < -0.3 is 9.47 Å². The zero-order valence-corrected chi connectivity index (χ0v) is 10.7. The summed E-state index contributed by atoms with van der Waals surface area (Å²) in [4.78, 5) is 11.6. The molecule has 0 aromatic carbocycles. The van der Waals surface area contributed by atoms with Crippen molar-refractivity contribution < 1.29 is 14.3 Å². The number of esters is 1. The van der Waals surface area contributed by atoms with Crippen LogP contribution in [0.1, 0.15) is 33.4 Å². The van der Waals surface area contributed by atoms with E-state index in [-0.39, 0.29) is 5.97 Å². The predicted octanol–water partition coefficient (Wildman–Crippen LogP) is 1.09. The van der Waals surface area contributed by atoms with Crippen molar-refractivity contribution in [2.75, 3.05) is 6.61 Å². The molecule has 1 rings (SSSR count). The third kappa shape index (κ3) is 5.44. The lowest BCUT2D eigenvalue weighted by Crippen LogP contribution is -2.32. The van der Waals surface area contributed by atoms with Crippen LogP contribution < -0.4 is 0 Å². The van der Waals surface area contributed by atoms with Crippen molar-refractivity contribution >= 4 is 5.97 Å². The summed E-state index contributed by atoms with van der Waals surface area (Å²) in [5.41, 5.74) is 0.392. The van der Waals surface area contributed by atoms with Gasteiger partial charge in [-0.1, -0.05) is 5.21 Å². The van der Waals surface area contributed by atoms with E-state index in [9.17, 15) is 4.79 Å². The van der Waals surface area contributed by atoms with Crippen molar-refractivity contribution in [1.29, 1.82) is 0 Å². The van der Waals surface area contributed by atoms with Gasteiger partial charge in [-0.2, -0.15) is 0 Å². The summed E-state index contributed by atoms with van der Waals surface area (Å²) in [5, 5.41) is 9.95. The molecule has 0 fully saturated rings. The van der Waals surface area contributed by atoms with E-state index in [0.29, 0.717) is 13.0 Å². The van der Waals surface area contributed by atoms with E-state index in [4.69, 9.17) is 9.47 Å². The predicted molar refractivity (Wildman–Crippen MR) is 61.3 cm³/mol. The van der Waals surface area contributed by atoms with Crippen LogP contribution in [0.5, 0.6) is 0 Å². The number of H-pyrrole nitrogens is 1. The molecule has 1 heterocycles. The topological polar surface area (TPSA) is 77.1 Å². The molecular weight excluding hydrogens is 222 g/mol. The van der Waals surface area contributed by atoms with Gasteiger partial charge in [0, 0.05) is 6.42 Å². The van der Waals surface area contributed by atoms with E-state index < -0.39 is 11.7 Å². The van der Waals surface area contributed by atoms with Gasteiger partial charge in [-0.15, -0.1) is 5.10 Å². The molecule has 1 aromatic heterocycles. The highest BCUT2D eigenvalue weighted by molar-refractivity contribution is 5.74. The number of carbonyl (C=O) groups excluding carboxylic acids is 1. The Morgan fingerprint density at radius 3 is 2.76 bits per heavy atom. The first kappa shape index (κ1) is 13.6. The van der Waals surface area contributed by atoms with Crippen LogP contribution in [-0.4, -0.2) is 39.7 Å². The summed E-state index contributed by atoms with van der Waals surface area (Å²) in [6, 6.07) is 0. The average Bonchev–Trinajstić information content (AvgIpc) is 2.67. The smallest absolute Gasteiger partial charge is 0.335 e. The monoisotopic (exact) mass is 241 g/mol. The molecule has 1 atom stereocenters. The third-order valence-corrected chi connectivity index (χ3v) is 1.94. The van der Waals surface area contributed by atoms with Crippen LogP contribution in [0.4, 0.5) is 0 Å². The van der Waals surface area contributed by atoms with Crippen LogP contribution in [0.2, 0.25) is 0 Å². The molecule has 0 saturated carbocycles. The molecule has 6 nitrogen and oxygen atoms in total. The molecule has 0 saturated heterocycles. The number of carbonyl (C=O) groups is 1. The standard InChI is InChI=1S/C11H19N3O3/c1-8(10(15)17-11(2,3)4)16-6-5-9-7-12-14-13-9/h7-8H,5-6H2,1-4H3,(H,12,13,14). The van der Waals surface area contributed by atoms with Crippen LogP contribution in [0.15, 0.2) is 6.20 Å². The molecule has 0 spiro atoms. The van der Waals surface area contributed by atoms with Gasteiger partial charge in [0.25, 0.3) is 0 Å². The molecule has 1 unspecified atom stereocenters. The Morgan fingerprint density at radius 1 is 1.53 bits per heavy atom. The highest BCUT2D eigenvalue weighted by Crippen LogP contribution is 2.09. The Labute approximate surface area is 101 Å². The van der Waals surface area contributed by atoms with Crippen molar-refractivity contribution in [3.8, 4) is 0 Å². The first-order valence-corrected chi connectivity index (χ1v) is 5.58. The fraction of sp³-hybridized carbons (Fsp3) is 0.727. The van der Waals surface area contributed by atoms with Crippen molar-refractivity contribution in [2.45, 2.75) is 45.8 Å². The lowest BCUT2D eigenvalue weighted by Gasteiger charge is -2.22. The van der Waals surface area contributed by atoms with E-state index in [1.165, 1.54) is 0 Å². The molecule has 0 bridgehead atoms. The SMILES string of the molecule is CC(OCCc1cnn[nH]1)C(=O)OC(C)(C)C. The van der Waals surface area contributed by atoms with E-state index in [0.717, 1.165) is 5.69 Å². The van der Waals surface area contributed by atoms with E-state index in [2.05, 4.69) is 15.4 Å². The normalized spacial score (nSPS) is 13.4. The van der Waals surface area contributed by atoms with Gasteiger partial charge >= 0.3 is 5.97 Å². The summed E-state index contributed by atoms with van der Waals surface area (Å²) in [7, 11) is 0. The van der Waals surface area contributed by atoms with E-state index in [1.54, 1.807) is 13.1 Å². The Hall–Kier alpha value is -1.43. The maximum Gasteiger partial charge on any atom is 0.335 e. The molecule has 0 amide bonds. The van der Waals surface area contributed by atoms with Gasteiger partial charge in [0.15, 0.2) is 6.10 Å². The number of ether oxygens (including phenoxy) is 2. The maximum absolute atomic E-state index is 11.6. The lowest BCUT2D eigenvalue weighted by molar-refractivity contribution is -0.167. The number of hydrogen-bond donors (Lipinski definition) is 1. The van der Waals surface area contributed by atoms with Crippen LogP contribution in [0.3, 0.4) is 0 Å². The van der Waals surface area contributed by atoms with Crippen LogP contribution in [0, 0.1) is 0 Å². The van der Waals surface area contributed by atoms with Gasteiger partial charge in [-0.05, 0) is 27.7 Å². The summed E-state index contributed by atoms with van der Waals surface area (Å²) in [6.45, 7) is 7.58. The number of nitrogens with one attached hydrogen (secondary N) is 1. The van der Waals surface area contributed by atoms with Crippen molar-refractivity contribution in [2.24, 2.45) is 0 Å². The van der Waals surface area contributed by atoms with Crippen molar-refractivity contribution in [1.82, 2.24) is 15.4 Å². The largest absolute Gasteiger partial charge is 0.458 e. The number of rotatable bonds is 5. The maximum atomic E-state index is 11.6. The zero-order chi connectivity index (χ0) is 12.9. The average molecular weight is 241 g/mol. The summed E-state index contributed by atoms with van der Waals surface area (Å²) < 4.78 is 10.6. The number of nitrogens with zero attached hydrogens (tertiary/aromatic N) is 2. The van der Waals surface area contributed by atoms with E-state index in [1.807, 2.05) is 20.8 Å². The Bertz CT molecular complexity index is 343. The molecule has 17 heavy (non-hydrogen) atoms. The van der Waals surface area contributed by atoms with E-state index >= 15 is 0 Å². The minimum atomic E-state index is -0.565. The second kappa shape index (κ2) is 5.77. The molecule has 0 radical (unpaired) electrons. The fourth-order valence-electron chi connectivity index (χ4n) is 1.14. The Kier molecular flexibility index (Phi) is 4.62. The summed E-state index contributed by atoms with van der Waals surface area (Å²) >= 11 is 0. The Balaban J connectivity index is 2.25. The van der Waals surface area contributed by atoms with Gasteiger partial charge in [-0.3, -0.25) is 5.10 Å². The molecule has 1 N–H and O–H groups in total. The van der Waals surface area contributed by atoms with Gasteiger partial charge in [0.2, 0.25) is 0 Å². The quantitative estimate of drug-likeness (QED) is 0.781. The van der Waals surface area contributed by atoms with Crippen LogP contribution in [-0.2, 0) is 20.7 Å². The van der Waals surface area contributed by atoms with Crippen molar-refractivity contribution in [3.05, 3.63) is 11.9 Å². The minimum absolute atomic E-state index is 0.347. The molecule has 1 aromatic rings. The number of aromatic nitrogens is 3. The van der Waals surface area contributed by atoms with Gasteiger partial charge in [-0.25, -0.2) is 4.79 Å². The summed E-state index contributed by atoms with van der Waals surface area (Å²) in [5.74, 6) is -0.347. The number of hydrogen-bond acceptors (Lipinski definition) is 5. The van der Waals surface area contributed by atoms with Crippen LogP contribution >= 0.6 is 0 Å². The number of aromatic amines is 1. The van der Waals surface area contributed by atoms with Gasteiger partial charge in [0.1, 0.15) is 5.60 Å². The van der Waals surface area contributed by atoms with Crippen LogP contribution in [0.25, 0.3) is 0 Å². The fourth-order valence-corrected chi connectivity index (χ4v) is 1.14. The molecule has 96 valence electrons. The Morgan fingerprint density at radius 2 is 2.24 bits per heavy atom. The lowest BCUT2D eigenvalue weighted by atomic mass is 10.2. The molecule has 0 aliphatic carbocycles. The third-order valence-electron chi connectivity index (χ3n) is 1.94. The summed E-state index contributed by atoms with van der Waals surface area (Å²) in [6.07, 6.45) is 1.70. The second-order valence-electron chi connectivity index (χ2n) is 4.78. The zero-order valence-electron chi connectivity index (χ0n) is 10.7. The first-order valence-electron chi connectivity index (χ1n) is 5.58. The second-order valence-corrected chi connectivity index (χ2v) is 4.78. The minimum Gasteiger partial charge on any atom is -0.458 e. The highest BCUT2D eigenvalue weighted by Gasteiger charge is 2.21. The first-order chi connectivity index (χ1) is 7.88. The molecule has 0 aliphatic heterocycles. The molecular formula is C11H19N3O3. The molecule has 0 aliphatic rings. The molecule has 6 heteroatoms. The highest BCUT2D eigenvalue weighted by atomic mass is 16.6. The van der Waals surface area contributed by atoms with Gasteiger partial charge in [0.05, 0.1) is 18.5 Å².